The molecule has 4 rings (SSSR count). The minimum Gasteiger partial charge on any atom is -0.348 e. The van der Waals surface area contributed by atoms with E-state index in [4.69, 9.17) is 0 Å². The van der Waals surface area contributed by atoms with Crippen LogP contribution < -0.4 is 10.9 Å². The average Bonchev–Trinajstić information content (AvgIpc) is 3.16. The van der Waals surface area contributed by atoms with E-state index >= 15 is 0 Å². The predicted molar refractivity (Wildman–Crippen MR) is 118 cm³/mol. The highest BCUT2D eigenvalue weighted by Crippen LogP contribution is 2.30. The number of nitrogens with one attached hydrogen (secondary N) is 1. The number of pyridine rings is 1. The average molecular weight is 454 g/mol. The van der Waals surface area contributed by atoms with Crippen LogP contribution in [0.1, 0.15) is 34.1 Å². The molecule has 170 valence electrons. The lowest BCUT2D eigenvalue weighted by Gasteiger charge is -2.15. The van der Waals surface area contributed by atoms with Gasteiger partial charge in [0.2, 0.25) is 0 Å². The van der Waals surface area contributed by atoms with Crippen molar-refractivity contribution in [2.24, 2.45) is 0 Å². The van der Waals surface area contributed by atoms with Gasteiger partial charge < -0.3 is 5.32 Å². The number of hydrogen-bond acceptors (Lipinski definition) is 3. The van der Waals surface area contributed by atoms with E-state index in [2.05, 4.69) is 10.4 Å². The zero-order valence-corrected chi connectivity index (χ0v) is 18.0. The molecule has 0 aliphatic rings. The Hall–Kier alpha value is -3.88. The fourth-order valence-electron chi connectivity index (χ4n) is 3.75. The van der Waals surface area contributed by atoms with Crippen molar-refractivity contribution in [2.45, 2.75) is 33.1 Å². The zero-order chi connectivity index (χ0) is 23.8. The molecule has 1 amide bonds. The Morgan fingerprint density at radius 2 is 1.85 bits per heavy atom. The molecule has 2 aromatic heterocycles. The summed E-state index contributed by atoms with van der Waals surface area (Å²) in [6, 6.07) is 12.7. The van der Waals surface area contributed by atoms with Crippen molar-refractivity contribution >= 4 is 16.8 Å². The summed E-state index contributed by atoms with van der Waals surface area (Å²) in [5.41, 5.74) is 0.397. The second-order valence-corrected chi connectivity index (χ2v) is 7.56. The van der Waals surface area contributed by atoms with Crippen LogP contribution in [-0.4, -0.2) is 20.3 Å². The lowest BCUT2D eigenvalue weighted by Crippen LogP contribution is -2.32. The molecule has 9 heteroatoms. The normalized spacial score (nSPS) is 11.7. The van der Waals surface area contributed by atoms with Crippen LogP contribution in [0.4, 0.5) is 13.2 Å². The Labute approximate surface area is 187 Å². The molecule has 0 saturated carbocycles. The van der Waals surface area contributed by atoms with Crippen LogP contribution in [0, 0.1) is 6.92 Å². The summed E-state index contributed by atoms with van der Waals surface area (Å²) >= 11 is 0. The van der Waals surface area contributed by atoms with Crippen LogP contribution in [0.25, 0.3) is 16.6 Å². The SMILES string of the molecule is CCn1ncc(CNC(=O)c2cc3ccccc3n(-c3cccc(C(F)(F)F)c3)c2=O)c1C. The maximum Gasteiger partial charge on any atom is 0.416 e. The van der Waals surface area contributed by atoms with E-state index in [0.717, 1.165) is 28.0 Å². The Morgan fingerprint density at radius 1 is 1.09 bits per heavy atom. The van der Waals surface area contributed by atoms with Gasteiger partial charge in [-0.05, 0) is 49.6 Å². The van der Waals surface area contributed by atoms with Gasteiger partial charge in [-0.2, -0.15) is 18.3 Å². The Bertz CT molecular complexity index is 1400. The van der Waals surface area contributed by atoms with E-state index in [1.807, 2.05) is 13.8 Å². The molecule has 0 aliphatic heterocycles. The Kier molecular flexibility index (Phi) is 5.80. The third kappa shape index (κ3) is 4.26. The molecule has 0 fully saturated rings. The minimum atomic E-state index is -4.56. The first-order valence-electron chi connectivity index (χ1n) is 10.3. The van der Waals surface area contributed by atoms with Crippen LogP contribution in [0.3, 0.4) is 0 Å². The van der Waals surface area contributed by atoms with E-state index in [9.17, 15) is 22.8 Å². The number of amides is 1. The predicted octanol–water partition coefficient (Wildman–Crippen LogP) is 4.46. The number of para-hydroxylation sites is 1. The van der Waals surface area contributed by atoms with Gasteiger partial charge >= 0.3 is 6.18 Å². The number of rotatable bonds is 5. The van der Waals surface area contributed by atoms with Gasteiger partial charge in [0.1, 0.15) is 5.56 Å². The summed E-state index contributed by atoms with van der Waals surface area (Å²) in [5.74, 6) is -0.616. The third-order valence-electron chi connectivity index (χ3n) is 5.53. The largest absolute Gasteiger partial charge is 0.416 e. The van der Waals surface area contributed by atoms with Gasteiger partial charge in [-0.1, -0.05) is 24.3 Å². The smallest absolute Gasteiger partial charge is 0.348 e. The fraction of sp³-hybridized carbons (Fsp3) is 0.208. The summed E-state index contributed by atoms with van der Waals surface area (Å²) < 4.78 is 42.7. The molecule has 0 saturated heterocycles. The van der Waals surface area contributed by atoms with Crippen LogP contribution in [0.2, 0.25) is 0 Å². The maximum absolute atomic E-state index is 13.3. The molecule has 0 atom stereocenters. The third-order valence-corrected chi connectivity index (χ3v) is 5.53. The number of carbonyl (C=O) groups is 1. The molecular weight excluding hydrogens is 433 g/mol. The number of fused-ring (bicyclic) bond motifs is 1. The lowest BCUT2D eigenvalue weighted by molar-refractivity contribution is -0.137. The van der Waals surface area contributed by atoms with Gasteiger partial charge in [-0.25, -0.2) is 0 Å². The number of aryl methyl sites for hydroxylation is 1. The summed E-state index contributed by atoms with van der Waals surface area (Å²) in [6.45, 7) is 4.69. The first-order chi connectivity index (χ1) is 15.7. The standard InChI is InChI=1S/C24H21F3N4O2/c1-3-30-15(2)17(14-29-30)13-28-22(32)20-11-16-7-4-5-10-21(16)31(23(20)33)19-9-6-8-18(12-19)24(25,26)27/h4-12,14H,3,13H2,1-2H3,(H,28,32). The van der Waals surface area contributed by atoms with Crippen LogP contribution >= 0.6 is 0 Å². The fourth-order valence-corrected chi connectivity index (χ4v) is 3.75. The first-order valence-corrected chi connectivity index (χ1v) is 10.3. The summed E-state index contributed by atoms with van der Waals surface area (Å²) in [6.07, 6.45) is -2.91. The van der Waals surface area contributed by atoms with Crippen molar-refractivity contribution in [3.63, 3.8) is 0 Å². The summed E-state index contributed by atoms with van der Waals surface area (Å²) in [4.78, 5) is 26.3. The summed E-state index contributed by atoms with van der Waals surface area (Å²) in [5, 5.41) is 7.51. The van der Waals surface area contributed by atoms with E-state index in [1.165, 1.54) is 18.2 Å². The molecular formula is C24H21F3N4O2. The number of aromatic nitrogens is 3. The molecule has 33 heavy (non-hydrogen) atoms. The number of carbonyl (C=O) groups excluding carboxylic acids is 1. The summed E-state index contributed by atoms with van der Waals surface area (Å²) in [7, 11) is 0. The minimum absolute atomic E-state index is 0.0285. The number of hydrogen-bond donors (Lipinski definition) is 1. The monoisotopic (exact) mass is 454 g/mol. The molecule has 0 aliphatic carbocycles. The van der Waals surface area contributed by atoms with E-state index < -0.39 is 23.2 Å². The van der Waals surface area contributed by atoms with Gasteiger partial charge in [0, 0.05) is 30.0 Å². The van der Waals surface area contributed by atoms with Crippen molar-refractivity contribution in [2.75, 3.05) is 0 Å². The van der Waals surface area contributed by atoms with E-state index in [1.54, 1.807) is 35.1 Å². The highest BCUT2D eigenvalue weighted by atomic mass is 19.4. The van der Waals surface area contributed by atoms with Gasteiger partial charge in [0.25, 0.3) is 11.5 Å². The number of halogens is 3. The number of benzene rings is 2. The van der Waals surface area contributed by atoms with Crippen molar-refractivity contribution in [1.29, 1.82) is 0 Å². The van der Waals surface area contributed by atoms with Crippen molar-refractivity contribution < 1.29 is 18.0 Å². The number of alkyl halides is 3. The molecule has 0 unspecified atom stereocenters. The highest BCUT2D eigenvalue weighted by molar-refractivity contribution is 5.97. The molecule has 0 spiro atoms. The van der Waals surface area contributed by atoms with Crippen LogP contribution in [0.15, 0.2) is 65.6 Å². The molecule has 1 N–H and O–H groups in total. The van der Waals surface area contributed by atoms with Crippen molar-refractivity contribution in [1.82, 2.24) is 19.7 Å². The molecule has 4 aromatic rings. The molecule has 6 nitrogen and oxygen atoms in total. The highest BCUT2D eigenvalue weighted by Gasteiger charge is 2.31. The molecule has 0 radical (unpaired) electrons. The second kappa shape index (κ2) is 8.57. The van der Waals surface area contributed by atoms with Gasteiger partial charge in [-0.3, -0.25) is 18.8 Å². The van der Waals surface area contributed by atoms with E-state index in [-0.39, 0.29) is 17.8 Å². The van der Waals surface area contributed by atoms with E-state index in [0.29, 0.717) is 17.4 Å². The van der Waals surface area contributed by atoms with Crippen LogP contribution in [-0.2, 0) is 19.3 Å². The van der Waals surface area contributed by atoms with Gasteiger partial charge in [0.05, 0.1) is 17.3 Å². The zero-order valence-electron chi connectivity index (χ0n) is 18.0. The van der Waals surface area contributed by atoms with Gasteiger partial charge in [0.15, 0.2) is 0 Å². The van der Waals surface area contributed by atoms with Crippen molar-refractivity contribution in [3.05, 3.63) is 93.5 Å². The lowest BCUT2D eigenvalue weighted by atomic mass is 10.1. The topological polar surface area (TPSA) is 68.9 Å². The number of nitrogens with zero attached hydrogens (tertiary/aromatic N) is 3. The van der Waals surface area contributed by atoms with Crippen LogP contribution in [0.5, 0.6) is 0 Å². The molecule has 2 heterocycles. The maximum atomic E-state index is 13.3. The van der Waals surface area contributed by atoms with Gasteiger partial charge in [-0.15, -0.1) is 0 Å². The quantitative estimate of drug-likeness (QED) is 0.484. The Balaban J connectivity index is 1.78. The molecule has 2 aromatic carbocycles. The molecule has 0 bridgehead atoms. The first kappa shape index (κ1) is 22.3. The Morgan fingerprint density at radius 3 is 2.55 bits per heavy atom. The van der Waals surface area contributed by atoms with Crippen molar-refractivity contribution in [3.8, 4) is 5.69 Å². The second-order valence-electron chi connectivity index (χ2n) is 7.56.